The average molecular weight is 337 g/mol. The maximum absolute atomic E-state index is 12.3. The van der Waals surface area contributed by atoms with Crippen LogP contribution in [-0.4, -0.2) is 31.2 Å². The molecule has 4 rings (SSSR count). The van der Waals surface area contributed by atoms with Gasteiger partial charge < -0.3 is 4.98 Å². The lowest BCUT2D eigenvalue weighted by Gasteiger charge is -2.24. The van der Waals surface area contributed by atoms with E-state index in [0.717, 1.165) is 19.4 Å². The molecule has 0 aliphatic carbocycles. The Morgan fingerprint density at radius 3 is 2.92 bits per heavy atom. The lowest BCUT2D eigenvalue weighted by molar-refractivity contribution is 0.242. The van der Waals surface area contributed by atoms with Gasteiger partial charge in [0.15, 0.2) is 5.65 Å². The maximum atomic E-state index is 12.3. The van der Waals surface area contributed by atoms with Crippen molar-refractivity contribution in [1.29, 1.82) is 0 Å². The van der Waals surface area contributed by atoms with E-state index < -0.39 is 0 Å². The Balaban J connectivity index is 1.64. The van der Waals surface area contributed by atoms with Gasteiger partial charge in [-0.15, -0.1) is 0 Å². The van der Waals surface area contributed by atoms with E-state index in [-0.39, 0.29) is 5.56 Å². The molecule has 1 saturated heterocycles. The fourth-order valence-corrected chi connectivity index (χ4v) is 3.71. The topological polar surface area (TPSA) is 66.8 Å². The zero-order chi connectivity index (χ0) is 17.6. The molecule has 0 spiro atoms. The van der Waals surface area contributed by atoms with Gasteiger partial charge in [0.2, 0.25) is 0 Å². The molecule has 130 valence electrons. The number of aromatic nitrogens is 4. The van der Waals surface area contributed by atoms with Crippen LogP contribution in [0.4, 0.5) is 0 Å². The highest BCUT2D eigenvalue weighted by Crippen LogP contribution is 2.33. The van der Waals surface area contributed by atoms with Crippen LogP contribution in [0.5, 0.6) is 0 Å². The third-order valence-electron chi connectivity index (χ3n) is 5.28. The van der Waals surface area contributed by atoms with Crippen molar-refractivity contribution in [3.05, 3.63) is 57.3 Å². The summed E-state index contributed by atoms with van der Waals surface area (Å²) in [6.07, 6.45) is 3.87. The molecule has 1 aliphatic rings. The number of fused-ring (bicyclic) bond motifs is 1. The van der Waals surface area contributed by atoms with Gasteiger partial charge in [-0.25, -0.2) is 4.98 Å². The lowest BCUT2D eigenvalue weighted by Crippen LogP contribution is -2.25. The van der Waals surface area contributed by atoms with Crippen LogP contribution in [0.3, 0.4) is 0 Å². The molecule has 1 aliphatic heterocycles. The first kappa shape index (κ1) is 16.0. The summed E-state index contributed by atoms with van der Waals surface area (Å²) in [5.41, 5.74) is 4.52. The van der Waals surface area contributed by atoms with Gasteiger partial charge in [-0.05, 0) is 49.9 Å². The molecular weight excluding hydrogens is 314 g/mol. The minimum atomic E-state index is -0.116. The van der Waals surface area contributed by atoms with Gasteiger partial charge in [0.25, 0.3) is 5.56 Å². The quantitative estimate of drug-likeness (QED) is 0.798. The van der Waals surface area contributed by atoms with Crippen molar-refractivity contribution in [3.63, 3.8) is 0 Å². The van der Waals surface area contributed by atoms with E-state index in [1.54, 1.807) is 10.9 Å². The Hall–Kier alpha value is -2.47. The van der Waals surface area contributed by atoms with Crippen molar-refractivity contribution in [1.82, 2.24) is 24.6 Å². The van der Waals surface area contributed by atoms with Crippen LogP contribution in [-0.2, 0) is 13.6 Å². The van der Waals surface area contributed by atoms with Crippen molar-refractivity contribution >= 4 is 11.0 Å². The largest absolute Gasteiger partial charge is 0.309 e. The number of nitrogens with zero attached hydrogens (tertiary/aromatic N) is 4. The molecule has 1 aromatic carbocycles. The number of benzene rings is 1. The smallest absolute Gasteiger partial charge is 0.262 e. The number of rotatable bonds is 3. The number of nitrogens with one attached hydrogen (secondary N) is 1. The Morgan fingerprint density at radius 1 is 1.28 bits per heavy atom. The predicted molar refractivity (Wildman–Crippen MR) is 97.4 cm³/mol. The minimum Gasteiger partial charge on any atom is -0.309 e. The predicted octanol–water partition coefficient (Wildman–Crippen LogP) is 2.61. The molecule has 1 atom stereocenters. The molecular formula is C19H23N5O. The number of likely N-dealkylation sites (tertiary alicyclic amines) is 1. The molecule has 6 nitrogen and oxygen atoms in total. The van der Waals surface area contributed by atoms with E-state index >= 15 is 0 Å². The fourth-order valence-electron chi connectivity index (χ4n) is 3.71. The minimum absolute atomic E-state index is 0.116. The molecule has 0 radical (unpaired) electrons. The van der Waals surface area contributed by atoms with Crippen molar-refractivity contribution < 1.29 is 0 Å². The summed E-state index contributed by atoms with van der Waals surface area (Å²) in [6.45, 7) is 5.97. The van der Waals surface area contributed by atoms with Crippen molar-refractivity contribution in [3.8, 4) is 0 Å². The number of hydrogen-bond donors (Lipinski definition) is 1. The number of aryl methyl sites for hydroxylation is 3. The Morgan fingerprint density at radius 2 is 2.12 bits per heavy atom. The molecule has 0 bridgehead atoms. The van der Waals surface area contributed by atoms with Gasteiger partial charge in [-0.1, -0.05) is 18.2 Å². The van der Waals surface area contributed by atoms with Crippen LogP contribution in [0.1, 0.15) is 41.4 Å². The van der Waals surface area contributed by atoms with E-state index in [4.69, 9.17) is 0 Å². The highest BCUT2D eigenvalue weighted by Gasteiger charge is 2.27. The summed E-state index contributed by atoms with van der Waals surface area (Å²) >= 11 is 0. The Bertz CT molecular complexity index is 987. The second kappa shape index (κ2) is 6.11. The summed E-state index contributed by atoms with van der Waals surface area (Å²) in [7, 11) is 1.81. The van der Waals surface area contributed by atoms with E-state index in [0.29, 0.717) is 29.4 Å². The first-order chi connectivity index (χ1) is 12.0. The van der Waals surface area contributed by atoms with E-state index in [1.165, 1.54) is 16.7 Å². The summed E-state index contributed by atoms with van der Waals surface area (Å²) in [4.78, 5) is 22.2. The first-order valence-electron chi connectivity index (χ1n) is 8.75. The molecule has 0 saturated carbocycles. The van der Waals surface area contributed by atoms with Crippen molar-refractivity contribution in [2.24, 2.45) is 7.05 Å². The second-order valence-electron chi connectivity index (χ2n) is 6.99. The standard InChI is InChI=1S/C19H23N5O/c1-12-6-7-14(9-13(12)2)16-5-4-8-24(16)11-17-21-18-15(19(25)22-17)10-20-23(18)3/h6-7,9-10,16H,4-5,8,11H2,1-3H3,(H,21,22,25)/t16-/m0/s1. The molecule has 1 fully saturated rings. The lowest BCUT2D eigenvalue weighted by atomic mass is 9.99. The molecule has 6 heteroatoms. The number of H-pyrrole nitrogens is 1. The van der Waals surface area contributed by atoms with E-state index in [2.05, 4.69) is 52.0 Å². The zero-order valence-electron chi connectivity index (χ0n) is 14.9. The molecule has 0 amide bonds. The van der Waals surface area contributed by atoms with Gasteiger partial charge >= 0.3 is 0 Å². The molecule has 25 heavy (non-hydrogen) atoms. The normalized spacial score (nSPS) is 18.3. The third-order valence-corrected chi connectivity index (χ3v) is 5.28. The number of aromatic amines is 1. The van der Waals surface area contributed by atoms with Crippen LogP contribution in [0.2, 0.25) is 0 Å². The van der Waals surface area contributed by atoms with Crippen molar-refractivity contribution in [2.45, 2.75) is 39.3 Å². The van der Waals surface area contributed by atoms with Crippen LogP contribution in [0, 0.1) is 13.8 Å². The Labute approximate surface area is 146 Å². The third kappa shape index (κ3) is 2.87. The molecule has 1 N–H and O–H groups in total. The van der Waals surface area contributed by atoms with Crippen LogP contribution < -0.4 is 5.56 Å². The molecule has 3 aromatic rings. The number of hydrogen-bond acceptors (Lipinski definition) is 4. The average Bonchev–Trinajstić information content (AvgIpc) is 3.18. The van der Waals surface area contributed by atoms with Gasteiger partial charge in [0.05, 0.1) is 12.7 Å². The fraction of sp³-hybridized carbons (Fsp3) is 0.421. The molecule has 3 heterocycles. The summed E-state index contributed by atoms with van der Waals surface area (Å²) < 4.78 is 1.65. The highest BCUT2D eigenvalue weighted by atomic mass is 16.1. The van der Waals surface area contributed by atoms with E-state index in [9.17, 15) is 4.79 Å². The van der Waals surface area contributed by atoms with Gasteiger partial charge in [0.1, 0.15) is 11.2 Å². The van der Waals surface area contributed by atoms with Gasteiger partial charge in [-0.3, -0.25) is 14.4 Å². The van der Waals surface area contributed by atoms with Gasteiger partial charge in [-0.2, -0.15) is 5.10 Å². The SMILES string of the molecule is Cc1ccc([C@@H]2CCCN2Cc2nc3c(cnn3C)c(=O)[nH]2)cc1C. The van der Waals surface area contributed by atoms with Crippen LogP contribution in [0.15, 0.2) is 29.2 Å². The van der Waals surface area contributed by atoms with Crippen molar-refractivity contribution in [2.75, 3.05) is 6.54 Å². The van der Waals surface area contributed by atoms with Crippen LogP contribution >= 0.6 is 0 Å². The monoisotopic (exact) mass is 337 g/mol. The maximum Gasteiger partial charge on any atom is 0.262 e. The zero-order valence-corrected chi connectivity index (χ0v) is 14.9. The summed E-state index contributed by atoms with van der Waals surface area (Å²) in [6, 6.07) is 7.10. The summed E-state index contributed by atoms with van der Waals surface area (Å²) in [5, 5.41) is 4.67. The Kier molecular flexibility index (Phi) is 3.92. The summed E-state index contributed by atoms with van der Waals surface area (Å²) in [5.74, 6) is 0.705. The van der Waals surface area contributed by atoms with Crippen LogP contribution in [0.25, 0.3) is 11.0 Å². The second-order valence-corrected chi connectivity index (χ2v) is 6.99. The highest BCUT2D eigenvalue weighted by molar-refractivity contribution is 5.72. The molecule has 0 unspecified atom stereocenters. The van der Waals surface area contributed by atoms with Gasteiger partial charge in [0, 0.05) is 13.1 Å². The van der Waals surface area contributed by atoms with E-state index in [1.807, 2.05) is 7.05 Å². The first-order valence-corrected chi connectivity index (χ1v) is 8.75. The molecule has 2 aromatic heterocycles.